The zero-order valence-electron chi connectivity index (χ0n) is 11.0. The molecule has 0 radical (unpaired) electrons. The van der Waals surface area contributed by atoms with Gasteiger partial charge in [-0.15, -0.1) is 12.4 Å². The molecule has 0 saturated heterocycles. The van der Waals surface area contributed by atoms with Crippen LogP contribution < -0.4 is 10.6 Å². The van der Waals surface area contributed by atoms with Gasteiger partial charge >= 0.3 is 0 Å². The maximum atomic E-state index is 13.0. The van der Waals surface area contributed by atoms with E-state index >= 15 is 0 Å². The van der Waals surface area contributed by atoms with Crippen LogP contribution in [-0.2, 0) is 4.79 Å². The normalized spacial score (nSPS) is 11.6. The van der Waals surface area contributed by atoms with Gasteiger partial charge in [0, 0.05) is 6.42 Å². The standard InChI is InChI=1S/C13H18ClFN2O.ClH/c1-9(17-13(18)4-3-7-16-2)10-5-6-12(15)11(14)8-10;/h5-6,8-9,16H,3-4,7H2,1-2H3,(H,17,18);1H. The minimum atomic E-state index is -0.451. The van der Waals surface area contributed by atoms with Crippen LogP contribution in [0, 0.1) is 5.82 Å². The van der Waals surface area contributed by atoms with Crippen molar-refractivity contribution in [3.8, 4) is 0 Å². The Morgan fingerprint density at radius 1 is 1.47 bits per heavy atom. The molecule has 6 heteroatoms. The number of benzene rings is 1. The second-order valence-corrected chi connectivity index (χ2v) is 4.58. The van der Waals surface area contributed by atoms with Crippen molar-refractivity contribution in [1.29, 1.82) is 0 Å². The van der Waals surface area contributed by atoms with Crippen LogP contribution in [0.15, 0.2) is 18.2 Å². The van der Waals surface area contributed by atoms with E-state index in [1.54, 1.807) is 6.07 Å². The van der Waals surface area contributed by atoms with Crippen LogP contribution in [-0.4, -0.2) is 19.5 Å². The Bertz CT molecular complexity index is 416. The van der Waals surface area contributed by atoms with Crippen LogP contribution in [0.4, 0.5) is 4.39 Å². The summed E-state index contributed by atoms with van der Waals surface area (Å²) in [5, 5.41) is 5.91. The molecule has 1 unspecified atom stereocenters. The lowest BCUT2D eigenvalue weighted by Gasteiger charge is -2.14. The Labute approximate surface area is 124 Å². The number of halogens is 3. The van der Waals surface area contributed by atoms with Crippen molar-refractivity contribution in [2.24, 2.45) is 0 Å². The topological polar surface area (TPSA) is 41.1 Å². The van der Waals surface area contributed by atoms with Crippen molar-refractivity contribution in [2.45, 2.75) is 25.8 Å². The van der Waals surface area contributed by atoms with Crippen molar-refractivity contribution in [3.05, 3.63) is 34.6 Å². The van der Waals surface area contributed by atoms with Crippen molar-refractivity contribution < 1.29 is 9.18 Å². The summed E-state index contributed by atoms with van der Waals surface area (Å²) in [5.74, 6) is -0.467. The lowest BCUT2D eigenvalue weighted by molar-refractivity contribution is -0.121. The molecule has 108 valence electrons. The molecule has 1 aromatic rings. The molecule has 1 aromatic carbocycles. The molecule has 0 spiro atoms. The van der Waals surface area contributed by atoms with E-state index in [9.17, 15) is 9.18 Å². The molecule has 1 atom stereocenters. The maximum Gasteiger partial charge on any atom is 0.220 e. The molecule has 19 heavy (non-hydrogen) atoms. The predicted octanol–water partition coefficient (Wildman–Crippen LogP) is 3.08. The number of nitrogens with one attached hydrogen (secondary N) is 2. The first kappa shape index (κ1) is 18.2. The average molecular weight is 309 g/mol. The van der Waals surface area contributed by atoms with Gasteiger partial charge < -0.3 is 10.6 Å². The number of rotatable bonds is 6. The first-order valence-corrected chi connectivity index (χ1v) is 6.31. The maximum absolute atomic E-state index is 13.0. The number of amides is 1. The minimum absolute atomic E-state index is 0. The van der Waals surface area contributed by atoms with Crippen LogP contribution >= 0.6 is 24.0 Å². The summed E-state index contributed by atoms with van der Waals surface area (Å²) < 4.78 is 13.0. The highest BCUT2D eigenvalue weighted by Gasteiger charge is 2.11. The highest BCUT2D eigenvalue weighted by Crippen LogP contribution is 2.20. The van der Waals surface area contributed by atoms with Crippen LogP contribution in [0.1, 0.15) is 31.4 Å². The minimum Gasteiger partial charge on any atom is -0.350 e. The van der Waals surface area contributed by atoms with E-state index in [0.717, 1.165) is 18.5 Å². The summed E-state index contributed by atoms with van der Waals surface area (Å²) in [4.78, 5) is 11.6. The van der Waals surface area contributed by atoms with Gasteiger partial charge in [0.05, 0.1) is 11.1 Å². The van der Waals surface area contributed by atoms with E-state index < -0.39 is 5.82 Å². The molecule has 0 aromatic heterocycles. The van der Waals surface area contributed by atoms with Crippen LogP contribution in [0.2, 0.25) is 5.02 Å². The van der Waals surface area contributed by atoms with Gasteiger partial charge in [0.15, 0.2) is 0 Å². The highest BCUT2D eigenvalue weighted by molar-refractivity contribution is 6.30. The third-order valence-corrected chi connectivity index (χ3v) is 2.94. The molecular weight excluding hydrogens is 290 g/mol. The molecule has 0 aliphatic rings. The number of carbonyl (C=O) groups is 1. The Balaban J connectivity index is 0.00000324. The molecule has 0 saturated carbocycles. The van der Waals surface area contributed by atoms with Gasteiger partial charge in [0.1, 0.15) is 5.82 Å². The number of hydrogen-bond donors (Lipinski definition) is 2. The number of carbonyl (C=O) groups excluding carboxylic acids is 1. The van der Waals surface area contributed by atoms with Crippen LogP contribution in [0.25, 0.3) is 0 Å². The van der Waals surface area contributed by atoms with Gasteiger partial charge in [-0.3, -0.25) is 4.79 Å². The van der Waals surface area contributed by atoms with Gasteiger partial charge in [-0.2, -0.15) is 0 Å². The van der Waals surface area contributed by atoms with Crippen molar-refractivity contribution in [1.82, 2.24) is 10.6 Å². The quantitative estimate of drug-likeness (QED) is 0.793. The van der Waals surface area contributed by atoms with Crippen LogP contribution in [0.3, 0.4) is 0 Å². The fourth-order valence-corrected chi connectivity index (χ4v) is 1.79. The lowest BCUT2D eigenvalue weighted by Crippen LogP contribution is -2.27. The van der Waals surface area contributed by atoms with Crippen molar-refractivity contribution in [2.75, 3.05) is 13.6 Å². The summed E-state index contributed by atoms with van der Waals surface area (Å²) in [6.45, 7) is 2.66. The van der Waals surface area contributed by atoms with E-state index in [1.807, 2.05) is 14.0 Å². The fourth-order valence-electron chi connectivity index (χ4n) is 1.60. The van der Waals surface area contributed by atoms with Gasteiger partial charge in [0.25, 0.3) is 0 Å². The fraction of sp³-hybridized carbons (Fsp3) is 0.462. The summed E-state index contributed by atoms with van der Waals surface area (Å²) >= 11 is 5.70. The van der Waals surface area contributed by atoms with Gasteiger partial charge in [-0.25, -0.2) is 4.39 Å². The molecule has 0 fully saturated rings. The molecule has 0 aliphatic heterocycles. The second kappa shape index (κ2) is 9.13. The van der Waals surface area contributed by atoms with E-state index in [-0.39, 0.29) is 29.4 Å². The molecule has 0 aliphatic carbocycles. The van der Waals surface area contributed by atoms with Crippen molar-refractivity contribution in [3.63, 3.8) is 0 Å². The molecule has 3 nitrogen and oxygen atoms in total. The van der Waals surface area contributed by atoms with Crippen molar-refractivity contribution >= 4 is 29.9 Å². The summed E-state index contributed by atoms with van der Waals surface area (Å²) in [6, 6.07) is 4.29. The Kier molecular flexibility index (Phi) is 8.72. The lowest BCUT2D eigenvalue weighted by atomic mass is 10.1. The van der Waals surface area contributed by atoms with Gasteiger partial charge in [-0.05, 0) is 44.6 Å². The van der Waals surface area contributed by atoms with Crippen LogP contribution in [0.5, 0.6) is 0 Å². The first-order valence-electron chi connectivity index (χ1n) is 5.93. The molecule has 0 bridgehead atoms. The molecular formula is C13H19Cl2FN2O. The molecule has 2 N–H and O–H groups in total. The smallest absolute Gasteiger partial charge is 0.220 e. The molecule has 1 amide bonds. The van der Waals surface area contributed by atoms with Gasteiger partial charge in [-0.1, -0.05) is 17.7 Å². The number of hydrogen-bond acceptors (Lipinski definition) is 2. The second-order valence-electron chi connectivity index (χ2n) is 4.17. The summed E-state index contributed by atoms with van der Waals surface area (Å²) in [5.41, 5.74) is 0.795. The summed E-state index contributed by atoms with van der Waals surface area (Å²) in [7, 11) is 1.85. The van der Waals surface area contributed by atoms with E-state index in [4.69, 9.17) is 11.6 Å². The molecule has 1 rings (SSSR count). The Hall–Kier alpha value is -0.840. The third kappa shape index (κ3) is 6.23. The van der Waals surface area contributed by atoms with E-state index in [2.05, 4.69) is 10.6 Å². The Morgan fingerprint density at radius 3 is 2.74 bits per heavy atom. The van der Waals surface area contributed by atoms with Gasteiger partial charge in [0.2, 0.25) is 5.91 Å². The third-order valence-electron chi connectivity index (χ3n) is 2.65. The zero-order chi connectivity index (χ0) is 13.5. The Morgan fingerprint density at radius 2 is 2.16 bits per heavy atom. The van der Waals surface area contributed by atoms with E-state index in [0.29, 0.717) is 6.42 Å². The molecule has 0 heterocycles. The monoisotopic (exact) mass is 308 g/mol. The zero-order valence-corrected chi connectivity index (χ0v) is 12.6. The highest BCUT2D eigenvalue weighted by atomic mass is 35.5. The first-order chi connectivity index (χ1) is 8.54. The average Bonchev–Trinajstić information content (AvgIpc) is 2.33. The summed E-state index contributed by atoms with van der Waals surface area (Å²) in [6.07, 6.45) is 1.26. The predicted molar refractivity (Wildman–Crippen MR) is 78.4 cm³/mol. The largest absolute Gasteiger partial charge is 0.350 e. The van der Waals surface area contributed by atoms with E-state index in [1.165, 1.54) is 12.1 Å². The SMILES string of the molecule is CNCCCC(=O)NC(C)c1ccc(F)c(Cl)c1.Cl.